The highest BCUT2D eigenvalue weighted by molar-refractivity contribution is 6.09. The minimum atomic E-state index is -1.18. The Morgan fingerprint density at radius 2 is 1.58 bits per heavy atom. The van der Waals surface area contributed by atoms with Crippen molar-refractivity contribution in [3.8, 4) is 0 Å². The Balaban J connectivity index is 3.33. The first-order chi connectivity index (χ1) is 11.8. The van der Waals surface area contributed by atoms with E-state index in [0.717, 1.165) is 6.42 Å². The van der Waals surface area contributed by atoms with Crippen molar-refractivity contribution in [2.24, 2.45) is 0 Å². The summed E-state index contributed by atoms with van der Waals surface area (Å²) < 4.78 is 38.6. The van der Waals surface area contributed by atoms with Crippen LogP contribution in [0.3, 0.4) is 0 Å². The van der Waals surface area contributed by atoms with E-state index >= 15 is 0 Å². The van der Waals surface area contributed by atoms with Gasteiger partial charge in [0.1, 0.15) is 22.8 Å². The number of halogens is 2. The molecule has 1 aromatic rings. The van der Waals surface area contributed by atoms with Crippen LogP contribution in [0.15, 0.2) is 12.1 Å². The number of carbonyl (C=O) groups is 2. The van der Waals surface area contributed by atoms with E-state index in [0.29, 0.717) is 23.5 Å². The van der Waals surface area contributed by atoms with Crippen molar-refractivity contribution in [3.05, 3.63) is 23.8 Å². The lowest BCUT2D eigenvalue weighted by molar-refractivity contribution is 0.0300. The molecule has 0 aliphatic carbocycles. The number of nitrogen functional groups attached to an aromatic ring is 1. The number of ether oxygens (including phenoxy) is 2. The summed E-state index contributed by atoms with van der Waals surface area (Å²) in [6.45, 7) is 9.94. The number of carbonyl (C=O) groups excluding carboxylic acids is 2. The maximum Gasteiger partial charge on any atom is 0.424 e. The summed E-state index contributed by atoms with van der Waals surface area (Å²) in [6.07, 6.45) is -1.12. The van der Waals surface area contributed by atoms with Crippen LogP contribution in [0.1, 0.15) is 54.4 Å². The number of imide groups is 1. The van der Waals surface area contributed by atoms with E-state index < -0.39 is 46.4 Å². The molecule has 0 atom stereocenters. The molecule has 0 heterocycles. The van der Waals surface area contributed by atoms with E-state index in [9.17, 15) is 18.4 Å². The molecule has 0 aromatic heterocycles. The Hall–Kier alpha value is -2.38. The predicted molar refractivity (Wildman–Crippen MR) is 95.0 cm³/mol. The zero-order chi connectivity index (χ0) is 20.3. The topological polar surface area (TPSA) is 81.9 Å². The molecule has 0 unspecified atom stereocenters. The largest absolute Gasteiger partial charge is 0.443 e. The van der Waals surface area contributed by atoms with E-state index in [1.807, 2.05) is 6.92 Å². The van der Waals surface area contributed by atoms with Gasteiger partial charge in [-0.3, -0.25) is 0 Å². The second-order valence-corrected chi connectivity index (χ2v) is 7.52. The molecule has 1 rings (SSSR count). The predicted octanol–water partition coefficient (Wildman–Crippen LogP) is 5.00. The van der Waals surface area contributed by atoms with Crippen molar-refractivity contribution in [1.82, 2.24) is 0 Å². The van der Waals surface area contributed by atoms with Crippen LogP contribution in [0.4, 0.5) is 29.7 Å². The van der Waals surface area contributed by atoms with Gasteiger partial charge in [-0.05, 0) is 41.0 Å². The Morgan fingerprint density at radius 1 is 1.04 bits per heavy atom. The lowest BCUT2D eigenvalue weighted by Gasteiger charge is -2.30. The third-order valence-corrected chi connectivity index (χ3v) is 3.28. The molecule has 0 saturated heterocycles. The zero-order valence-corrected chi connectivity index (χ0v) is 16.0. The molecule has 0 saturated carbocycles. The molecule has 2 N–H and O–H groups in total. The second kappa shape index (κ2) is 7.88. The summed E-state index contributed by atoms with van der Waals surface area (Å²) in [5.74, 6) is -2.03. The molecular weight excluding hydrogens is 346 g/mol. The van der Waals surface area contributed by atoms with E-state index in [4.69, 9.17) is 15.2 Å². The number of amides is 2. The van der Waals surface area contributed by atoms with Gasteiger partial charge in [-0.2, -0.15) is 4.90 Å². The number of rotatable bonds is 4. The number of nitrogens with zero attached hydrogens (tertiary/aromatic N) is 1. The maximum atomic E-state index is 14.3. The van der Waals surface area contributed by atoms with Crippen molar-refractivity contribution in [2.75, 3.05) is 10.6 Å². The quantitative estimate of drug-likeness (QED) is 0.752. The Labute approximate surface area is 152 Å². The van der Waals surface area contributed by atoms with Gasteiger partial charge in [-0.15, -0.1) is 0 Å². The highest BCUT2D eigenvalue weighted by Gasteiger charge is 2.35. The lowest BCUT2D eigenvalue weighted by atomic mass is 10.0. The van der Waals surface area contributed by atoms with Gasteiger partial charge in [0.25, 0.3) is 0 Å². The molecule has 0 aliphatic heterocycles. The minimum Gasteiger partial charge on any atom is -0.443 e. The van der Waals surface area contributed by atoms with Crippen molar-refractivity contribution in [3.63, 3.8) is 0 Å². The molecule has 0 bridgehead atoms. The normalized spacial score (nSPS) is 11.8. The summed E-state index contributed by atoms with van der Waals surface area (Å²) in [5, 5.41) is 0. The van der Waals surface area contributed by atoms with Crippen LogP contribution in [-0.2, 0) is 9.47 Å². The van der Waals surface area contributed by atoms with Gasteiger partial charge in [0.15, 0.2) is 0 Å². The van der Waals surface area contributed by atoms with Crippen LogP contribution in [-0.4, -0.2) is 23.4 Å². The first-order valence-corrected chi connectivity index (χ1v) is 8.28. The number of nitrogens with two attached hydrogens (primary N) is 1. The third-order valence-electron chi connectivity index (χ3n) is 3.28. The van der Waals surface area contributed by atoms with Crippen molar-refractivity contribution in [1.29, 1.82) is 0 Å². The smallest absolute Gasteiger partial charge is 0.424 e. The van der Waals surface area contributed by atoms with Crippen molar-refractivity contribution >= 4 is 23.6 Å². The van der Waals surface area contributed by atoms with Gasteiger partial charge in [0.2, 0.25) is 0 Å². The van der Waals surface area contributed by atoms with Crippen LogP contribution >= 0.6 is 0 Å². The summed E-state index contributed by atoms with van der Waals surface area (Å²) in [6, 6.07) is 1.34. The van der Waals surface area contributed by atoms with Gasteiger partial charge in [-0.25, -0.2) is 18.4 Å². The summed E-state index contributed by atoms with van der Waals surface area (Å²) >= 11 is 0. The Morgan fingerprint density at radius 3 is 2.08 bits per heavy atom. The first kappa shape index (κ1) is 21.7. The Kier molecular flexibility index (Phi) is 6.57. The number of benzene rings is 1. The van der Waals surface area contributed by atoms with Crippen LogP contribution in [0.25, 0.3) is 0 Å². The van der Waals surface area contributed by atoms with Gasteiger partial charge in [-0.1, -0.05) is 13.3 Å². The standard InChI is InChI=1S/C18H26F2N2O4/c1-7-8-18(5,6)26-16(24)22(15(23)25-17(2,3)4)14-10-11(19)13(21)9-12(14)20/h9-10H,7-8,21H2,1-6H3. The SMILES string of the molecule is CCCC(C)(C)OC(=O)N(C(=O)OC(C)(C)C)c1cc(F)c(N)cc1F. The summed E-state index contributed by atoms with van der Waals surface area (Å²) in [4.78, 5) is 25.4. The lowest BCUT2D eigenvalue weighted by Crippen LogP contribution is -2.44. The molecule has 0 radical (unpaired) electrons. The van der Waals surface area contributed by atoms with E-state index in [1.165, 1.54) is 0 Å². The molecule has 0 spiro atoms. The fourth-order valence-corrected chi connectivity index (χ4v) is 2.24. The van der Waals surface area contributed by atoms with E-state index in [-0.39, 0.29) is 0 Å². The third kappa shape index (κ3) is 5.86. The molecule has 1 aromatic carbocycles. The van der Waals surface area contributed by atoms with E-state index in [1.54, 1.807) is 34.6 Å². The van der Waals surface area contributed by atoms with Crippen LogP contribution in [0.5, 0.6) is 0 Å². The molecule has 2 amide bonds. The monoisotopic (exact) mass is 372 g/mol. The average molecular weight is 372 g/mol. The van der Waals surface area contributed by atoms with E-state index in [2.05, 4.69) is 0 Å². The molecule has 6 nitrogen and oxygen atoms in total. The minimum absolute atomic E-state index is 0.334. The molecule has 8 heteroatoms. The Bertz CT molecular complexity index is 685. The van der Waals surface area contributed by atoms with Crippen molar-refractivity contribution in [2.45, 2.75) is 65.6 Å². The van der Waals surface area contributed by atoms with Crippen LogP contribution in [0, 0.1) is 11.6 Å². The van der Waals surface area contributed by atoms with Crippen molar-refractivity contribution < 1.29 is 27.8 Å². The highest BCUT2D eigenvalue weighted by atomic mass is 19.1. The van der Waals surface area contributed by atoms with Gasteiger partial charge < -0.3 is 15.2 Å². The molecule has 0 fully saturated rings. The first-order valence-electron chi connectivity index (χ1n) is 8.28. The zero-order valence-electron chi connectivity index (χ0n) is 16.0. The fraction of sp³-hybridized carbons (Fsp3) is 0.556. The number of hydrogen-bond donors (Lipinski definition) is 1. The maximum absolute atomic E-state index is 14.3. The van der Waals surface area contributed by atoms with Crippen LogP contribution in [0.2, 0.25) is 0 Å². The highest BCUT2D eigenvalue weighted by Crippen LogP contribution is 2.28. The van der Waals surface area contributed by atoms with Gasteiger partial charge in [0.05, 0.1) is 11.4 Å². The fourth-order valence-electron chi connectivity index (χ4n) is 2.24. The van der Waals surface area contributed by atoms with Crippen LogP contribution < -0.4 is 10.6 Å². The average Bonchev–Trinajstić information content (AvgIpc) is 2.41. The number of anilines is 2. The second-order valence-electron chi connectivity index (χ2n) is 7.52. The molecule has 0 aliphatic rings. The molecular formula is C18H26F2N2O4. The summed E-state index contributed by atoms with van der Waals surface area (Å²) in [7, 11) is 0. The molecule has 146 valence electrons. The van der Waals surface area contributed by atoms with Gasteiger partial charge in [0, 0.05) is 12.1 Å². The number of hydrogen-bond acceptors (Lipinski definition) is 5. The molecule has 26 heavy (non-hydrogen) atoms. The summed E-state index contributed by atoms with van der Waals surface area (Å²) in [5.41, 5.74) is 2.37. The van der Waals surface area contributed by atoms with Gasteiger partial charge >= 0.3 is 12.2 Å².